The number of benzene rings is 1. The molecule has 0 bridgehead atoms. The van der Waals surface area contributed by atoms with Gasteiger partial charge in [-0.1, -0.05) is 18.7 Å². The van der Waals surface area contributed by atoms with Crippen LogP contribution in [0.25, 0.3) is 0 Å². The molecule has 23 heavy (non-hydrogen) atoms. The van der Waals surface area contributed by atoms with Gasteiger partial charge in [-0.2, -0.15) is 0 Å². The number of amides is 2. The first-order valence-electron chi connectivity index (χ1n) is 7.01. The molecule has 1 aromatic carbocycles. The van der Waals surface area contributed by atoms with E-state index in [1.807, 2.05) is 6.07 Å². The first kappa shape index (κ1) is 16.2. The minimum absolute atomic E-state index is 0.244. The van der Waals surface area contributed by atoms with E-state index in [9.17, 15) is 9.59 Å². The van der Waals surface area contributed by atoms with Crippen LogP contribution in [0.2, 0.25) is 0 Å². The zero-order valence-electron chi connectivity index (χ0n) is 12.5. The van der Waals surface area contributed by atoms with Gasteiger partial charge in [-0.25, -0.2) is 0 Å². The van der Waals surface area contributed by atoms with E-state index in [1.165, 1.54) is 0 Å². The molecule has 2 aromatic rings. The number of anilines is 1. The smallest absolute Gasteiger partial charge is 0.313 e. The lowest BCUT2D eigenvalue weighted by atomic mass is 10.3. The number of carbonyl (C=O) groups excluding carboxylic acids is 2. The third-order valence-corrected chi connectivity index (χ3v) is 2.86. The van der Waals surface area contributed by atoms with Crippen LogP contribution in [0.15, 0.2) is 61.4 Å². The summed E-state index contributed by atoms with van der Waals surface area (Å²) in [6, 6.07) is 10.3. The Hall–Kier alpha value is -3.15. The number of carbonyl (C=O) groups is 2. The lowest BCUT2D eigenvalue weighted by Gasteiger charge is -2.08. The van der Waals surface area contributed by atoms with Crippen molar-refractivity contribution >= 4 is 17.5 Å². The minimum Gasteiger partial charge on any atom is -0.490 e. The van der Waals surface area contributed by atoms with Gasteiger partial charge in [0.1, 0.15) is 12.4 Å². The quantitative estimate of drug-likeness (QED) is 0.631. The first-order valence-corrected chi connectivity index (χ1v) is 7.01. The van der Waals surface area contributed by atoms with E-state index in [1.54, 1.807) is 48.8 Å². The van der Waals surface area contributed by atoms with Gasteiger partial charge in [-0.15, -0.1) is 0 Å². The number of pyridine rings is 1. The maximum absolute atomic E-state index is 11.8. The molecule has 2 N–H and O–H groups in total. The molecule has 0 saturated carbocycles. The molecule has 6 nitrogen and oxygen atoms in total. The topological polar surface area (TPSA) is 80.3 Å². The summed E-state index contributed by atoms with van der Waals surface area (Å²) in [4.78, 5) is 27.5. The van der Waals surface area contributed by atoms with Crippen molar-refractivity contribution in [3.8, 4) is 5.75 Å². The number of hydrogen-bond acceptors (Lipinski definition) is 4. The van der Waals surface area contributed by atoms with E-state index in [4.69, 9.17) is 4.74 Å². The van der Waals surface area contributed by atoms with Crippen molar-refractivity contribution in [2.75, 3.05) is 11.9 Å². The maximum atomic E-state index is 11.8. The highest BCUT2D eigenvalue weighted by atomic mass is 16.5. The molecule has 0 atom stereocenters. The number of ether oxygens (including phenoxy) is 1. The second kappa shape index (κ2) is 8.33. The Balaban J connectivity index is 1.83. The van der Waals surface area contributed by atoms with Crippen LogP contribution in [0.3, 0.4) is 0 Å². The van der Waals surface area contributed by atoms with Gasteiger partial charge in [0, 0.05) is 24.6 Å². The molecule has 2 rings (SSSR count). The van der Waals surface area contributed by atoms with Crippen molar-refractivity contribution in [2.45, 2.75) is 6.54 Å². The molecule has 0 aliphatic carbocycles. The third-order valence-electron chi connectivity index (χ3n) is 2.86. The van der Waals surface area contributed by atoms with Crippen LogP contribution in [0, 0.1) is 0 Å². The van der Waals surface area contributed by atoms with Crippen molar-refractivity contribution < 1.29 is 14.3 Å². The summed E-state index contributed by atoms with van der Waals surface area (Å²) in [6.07, 6.45) is 4.91. The van der Waals surface area contributed by atoms with Crippen LogP contribution in [-0.4, -0.2) is 23.4 Å². The molecule has 1 heterocycles. The first-order chi connectivity index (χ1) is 11.2. The summed E-state index contributed by atoms with van der Waals surface area (Å²) in [5, 5.41) is 5.05. The lowest BCUT2D eigenvalue weighted by Crippen LogP contribution is -2.34. The fourth-order valence-electron chi connectivity index (χ4n) is 1.74. The van der Waals surface area contributed by atoms with Crippen LogP contribution in [0.4, 0.5) is 5.69 Å². The Morgan fingerprint density at radius 3 is 2.61 bits per heavy atom. The summed E-state index contributed by atoms with van der Waals surface area (Å²) < 4.78 is 5.33. The van der Waals surface area contributed by atoms with Crippen LogP contribution in [0.1, 0.15) is 5.56 Å². The van der Waals surface area contributed by atoms with E-state index in [2.05, 4.69) is 22.2 Å². The van der Waals surface area contributed by atoms with Gasteiger partial charge < -0.3 is 15.4 Å². The Labute approximate surface area is 134 Å². The van der Waals surface area contributed by atoms with E-state index < -0.39 is 11.8 Å². The predicted octanol–water partition coefficient (Wildman–Crippen LogP) is 1.90. The zero-order chi connectivity index (χ0) is 16.5. The van der Waals surface area contributed by atoms with Crippen molar-refractivity contribution in [3.05, 3.63) is 67.0 Å². The molecule has 0 radical (unpaired) electrons. The minimum atomic E-state index is -0.728. The van der Waals surface area contributed by atoms with Gasteiger partial charge >= 0.3 is 11.8 Å². The molecule has 0 fully saturated rings. The molecular formula is C17H17N3O3. The molecule has 0 aliphatic heterocycles. The summed E-state index contributed by atoms with van der Waals surface area (Å²) in [6.45, 7) is 4.21. The summed E-state index contributed by atoms with van der Waals surface area (Å²) in [5.41, 5.74) is 1.33. The Kier molecular flexibility index (Phi) is 5.88. The number of nitrogens with zero attached hydrogens (tertiary/aromatic N) is 1. The number of aromatic nitrogens is 1. The van der Waals surface area contributed by atoms with Gasteiger partial charge in [0.05, 0.1) is 0 Å². The van der Waals surface area contributed by atoms with Gasteiger partial charge in [-0.3, -0.25) is 14.6 Å². The molecular weight excluding hydrogens is 294 g/mol. The Morgan fingerprint density at radius 1 is 1.17 bits per heavy atom. The molecule has 1 aromatic heterocycles. The highest BCUT2D eigenvalue weighted by Crippen LogP contribution is 2.15. The van der Waals surface area contributed by atoms with Crippen LogP contribution in [-0.2, 0) is 16.1 Å². The van der Waals surface area contributed by atoms with Crippen LogP contribution >= 0.6 is 0 Å². The van der Waals surface area contributed by atoms with Crippen LogP contribution < -0.4 is 15.4 Å². The molecule has 118 valence electrons. The number of nitrogens with one attached hydrogen (secondary N) is 2. The van der Waals surface area contributed by atoms with Gasteiger partial charge in [0.2, 0.25) is 0 Å². The number of hydrogen-bond donors (Lipinski definition) is 2. The van der Waals surface area contributed by atoms with E-state index in [0.29, 0.717) is 18.0 Å². The molecule has 2 amide bonds. The van der Waals surface area contributed by atoms with Gasteiger partial charge in [0.25, 0.3) is 0 Å². The van der Waals surface area contributed by atoms with Crippen LogP contribution in [0.5, 0.6) is 5.75 Å². The third kappa shape index (κ3) is 5.28. The van der Waals surface area contributed by atoms with Crippen molar-refractivity contribution in [1.29, 1.82) is 0 Å². The van der Waals surface area contributed by atoms with E-state index in [0.717, 1.165) is 5.56 Å². The molecule has 0 aliphatic rings. The average Bonchev–Trinajstić information content (AvgIpc) is 2.60. The predicted molar refractivity (Wildman–Crippen MR) is 86.8 cm³/mol. The number of rotatable bonds is 6. The molecule has 0 saturated heterocycles. The monoisotopic (exact) mass is 311 g/mol. The molecule has 0 unspecified atom stereocenters. The molecule has 0 spiro atoms. The standard InChI is InChI=1S/C17H17N3O3/c1-2-10-23-15-7-5-14(6-8-15)20-17(22)16(21)19-12-13-4-3-9-18-11-13/h2-9,11H,1,10,12H2,(H,19,21)(H,20,22). The highest BCUT2D eigenvalue weighted by molar-refractivity contribution is 6.39. The maximum Gasteiger partial charge on any atom is 0.313 e. The summed E-state index contributed by atoms with van der Waals surface area (Å²) in [5.74, 6) is -0.779. The SMILES string of the molecule is C=CCOc1ccc(NC(=O)C(=O)NCc2cccnc2)cc1. The summed E-state index contributed by atoms with van der Waals surface area (Å²) >= 11 is 0. The zero-order valence-corrected chi connectivity index (χ0v) is 12.5. The van der Waals surface area contributed by atoms with Gasteiger partial charge in [0.15, 0.2) is 0 Å². The van der Waals surface area contributed by atoms with Crippen molar-refractivity contribution in [2.24, 2.45) is 0 Å². The Bertz CT molecular complexity index is 669. The largest absolute Gasteiger partial charge is 0.490 e. The van der Waals surface area contributed by atoms with Crippen molar-refractivity contribution in [3.63, 3.8) is 0 Å². The fourth-order valence-corrected chi connectivity index (χ4v) is 1.74. The van der Waals surface area contributed by atoms with E-state index in [-0.39, 0.29) is 6.54 Å². The van der Waals surface area contributed by atoms with Crippen molar-refractivity contribution in [1.82, 2.24) is 10.3 Å². The Morgan fingerprint density at radius 2 is 1.96 bits per heavy atom. The van der Waals surface area contributed by atoms with Gasteiger partial charge in [-0.05, 0) is 35.9 Å². The molecule has 6 heteroatoms. The highest BCUT2D eigenvalue weighted by Gasteiger charge is 2.13. The van der Waals surface area contributed by atoms with E-state index >= 15 is 0 Å². The second-order valence-corrected chi connectivity index (χ2v) is 4.62. The fraction of sp³-hybridized carbons (Fsp3) is 0.118. The summed E-state index contributed by atoms with van der Waals surface area (Å²) in [7, 11) is 0. The normalized spacial score (nSPS) is 9.74. The average molecular weight is 311 g/mol. The second-order valence-electron chi connectivity index (χ2n) is 4.62. The lowest BCUT2D eigenvalue weighted by molar-refractivity contribution is -0.136.